The van der Waals surface area contributed by atoms with Gasteiger partial charge >= 0.3 is 0 Å². The van der Waals surface area contributed by atoms with Gasteiger partial charge in [0.15, 0.2) is 0 Å². The Morgan fingerprint density at radius 3 is 2.71 bits per heavy atom. The maximum Gasteiger partial charge on any atom is 0.111 e. The molecule has 1 heterocycles. The summed E-state index contributed by atoms with van der Waals surface area (Å²) in [4.78, 5) is 8.10. The van der Waals surface area contributed by atoms with Crippen LogP contribution < -0.4 is 5.73 Å². The first-order valence-electron chi connectivity index (χ1n) is 6.27. The van der Waals surface area contributed by atoms with Crippen LogP contribution in [-0.4, -0.2) is 16.5 Å². The van der Waals surface area contributed by atoms with E-state index < -0.39 is 0 Å². The minimum absolute atomic E-state index is 0.335. The van der Waals surface area contributed by atoms with E-state index >= 15 is 0 Å². The van der Waals surface area contributed by atoms with Gasteiger partial charge in [0.05, 0.1) is 11.0 Å². The monoisotopic (exact) mass is 231 g/mol. The fourth-order valence-electron chi connectivity index (χ4n) is 2.28. The molecule has 92 valence electrons. The van der Waals surface area contributed by atoms with Crippen molar-refractivity contribution in [3.05, 3.63) is 29.6 Å². The lowest BCUT2D eigenvalue weighted by Crippen LogP contribution is -2.15. The van der Waals surface area contributed by atoms with E-state index in [2.05, 4.69) is 44.0 Å². The normalized spacial score (nSPS) is 13.5. The van der Waals surface area contributed by atoms with Crippen molar-refractivity contribution in [3.63, 3.8) is 0 Å². The molecular weight excluding hydrogens is 210 g/mol. The van der Waals surface area contributed by atoms with Crippen molar-refractivity contribution in [1.82, 2.24) is 9.97 Å². The van der Waals surface area contributed by atoms with Crippen LogP contribution in [0.25, 0.3) is 11.0 Å². The highest BCUT2D eigenvalue weighted by molar-refractivity contribution is 5.78. The van der Waals surface area contributed by atoms with Crippen LogP contribution in [0, 0.1) is 12.8 Å². The fourth-order valence-corrected chi connectivity index (χ4v) is 2.28. The van der Waals surface area contributed by atoms with Crippen LogP contribution >= 0.6 is 0 Å². The Kier molecular flexibility index (Phi) is 3.48. The molecule has 0 aliphatic heterocycles. The van der Waals surface area contributed by atoms with Crippen molar-refractivity contribution in [2.75, 3.05) is 6.54 Å². The number of fused-ring (bicyclic) bond motifs is 1. The summed E-state index contributed by atoms with van der Waals surface area (Å²) in [5, 5.41) is 0. The van der Waals surface area contributed by atoms with Gasteiger partial charge in [0.2, 0.25) is 0 Å². The van der Waals surface area contributed by atoms with Crippen molar-refractivity contribution in [2.45, 2.75) is 33.1 Å². The third-order valence-corrected chi connectivity index (χ3v) is 3.16. The molecule has 0 saturated carbocycles. The van der Waals surface area contributed by atoms with E-state index in [4.69, 9.17) is 10.7 Å². The average molecular weight is 231 g/mol. The highest BCUT2D eigenvalue weighted by Gasteiger charge is 2.16. The van der Waals surface area contributed by atoms with Gasteiger partial charge in [-0.2, -0.15) is 0 Å². The van der Waals surface area contributed by atoms with Crippen LogP contribution in [0.5, 0.6) is 0 Å². The molecule has 0 fully saturated rings. The van der Waals surface area contributed by atoms with Crippen molar-refractivity contribution < 1.29 is 0 Å². The third kappa shape index (κ3) is 2.50. The number of hydrogen-bond donors (Lipinski definition) is 2. The summed E-state index contributed by atoms with van der Waals surface area (Å²) in [6.45, 7) is 7.18. The van der Waals surface area contributed by atoms with Gasteiger partial charge in [-0.1, -0.05) is 26.0 Å². The van der Waals surface area contributed by atoms with Gasteiger partial charge in [0.1, 0.15) is 5.82 Å². The number of aromatic nitrogens is 2. The van der Waals surface area contributed by atoms with E-state index in [1.807, 2.05) is 0 Å². The smallest absolute Gasteiger partial charge is 0.111 e. The number of hydrogen-bond acceptors (Lipinski definition) is 2. The van der Waals surface area contributed by atoms with Crippen LogP contribution in [-0.2, 0) is 0 Å². The molecule has 0 aliphatic carbocycles. The quantitative estimate of drug-likeness (QED) is 0.850. The Hall–Kier alpha value is -1.35. The standard InChI is InChI=1S/C14H21N3/c1-9(2)7-11(8-15)14-16-12-6-4-5-10(3)13(12)17-14/h4-6,9,11H,7-8,15H2,1-3H3,(H,16,17). The summed E-state index contributed by atoms with van der Waals surface area (Å²) < 4.78 is 0. The first kappa shape index (κ1) is 12.1. The Morgan fingerprint density at radius 2 is 2.12 bits per heavy atom. The van der Waals surface area contributed by atoms with Crippen LogP contribution in [0.15, 0.2) is 18.2 Å². The number of nitrogens with zero attached hydrogens (tertiary/aromatic N) is 1. The molecule has 0 saturated heterocycles. The van der Waals surface area contributed by atoms with Crippen molar-refractivity contribution in [3.8, 4) is 0 Å². The Labute approximate surface area is 102 Å². The number of nitrogens with two attached hydrogens (primary N) is 1. The molecule has 0 aliphatic rings. The summed E-state index contributed by atoms with van der Waals surface area (Å²) in [5.74, 6) is 2.00. The van der Waals surface area contributed by atoms with Gasteiger partial charge in [-0.05, 0) is 30.9 Å². The topological polar surface area (TPSA) is 54.7 Å². The van der Waals surface area contributed by atoms with E-state index in [9.17, 15) is 0 Å². The minimum Gasteiger partial charge on any atom is -0.342 e. The zero-order chi connectivity index (χ0) is 12.4. The van der Waals surface area contributed by atoms with Gasteiger partial charge in [-0.25, -0.2) is 4.98 Å². The lowest BCUT2D eigenvalue weighted by molar-refractivity contribution is 0.491. The molecule has 17 heavy (non-hydrogen) atoms. The second-order valence-corrected chi connectivity index (χ2v) is 5.16. The maximum atomic E-state index is 5.85. The fraction of sp³-hybridized carbons (Fsp3) is 0.500. The second-order valence-electron chi connectivity index (χ2n) is 5.16. The number of H-pyrrole nitrogens is 1. The maximum absolute atomic E-state index is 5.85. The molecule has 0 bridgehead atoms. The first-order valence-corrected chi connectivity index (χ1v) is 6.27. The van der Waals surface area contributed by atoms with Crippen LogP contribution in [0.1, 0.15) is 37.6 Å². The van der Waals surface area contributed by atoms with E-state index in [1.165, 1.54) is 5.56 Å². The minimum atomic E-state index is 0.335. The SMILES string of the molecule is Cc1cccc2[nH]c(C(CN)CC(C)C)nc12. The van der Waals surface area contributed by atoms with Crippen LogP contribution in [0.4, 0.5) is 0 Å². The van der Waals surface area contributed by atoms with E-state index in [0.29, 0.717) is 18.4 Å². The van der Waals surface area contributed by atoms with Crippen molar-refractivity contribution in [2.24, 2.45) is 11.7 Å². The van der Waals surface area contributed by atoms with Gasteiger partial charge in [-0.3, -0.25) is 0 Å². The second kappa shape index (κ2) is 4.88. The number of aromatic amines is 1. The molecule has 1 unspecified atom stereocenters. The highest BCUT2D eigenvalue weighted by Crippen LogP contribution is 2.24. The summed E-state index contributed by atoms with van der Waals surface area (Å²) in [6.07, 6.45) is 1.08. The van der Waals surface area contributed by atoms with E-state index in [-0.39, 0.29) is 0 Å². The molecule has 3 nitrogen and oxygen atoms in total. The molecule has 2 rings (SSSR count). The predicted molar refractivity (Wildman–Crippen MR) is 72.1 cm³/mol. The van der Waals surface area contributed by atoms with Gasteiger partial charge in [0.25, 0.3) is 0 Å². The lowest BCUT2D eigenvalue weighted by atomic mass is 9.97. The van der Waals surface area contributed by atoms with Crippen LogP contribution in [0.3, 0.4) is 0 Å². The molecule has 2 aromatic rings. The zero-order valence-corrected chi connectivity index (χ0v) is 10.8. The van der Waals surface area contributed by atoms with Gasteiger partial charge < -0.3 is 10.7 Å². The number of para-hydroxylation sites is 1. The van der Waals surface area contributed by atoms with Gasteiger partial charge in [-0.15, -0.1) is 0 Å². The molecule has 1 atom stereocenters. The molecular formula is C14H21N3. The molecule has 3 N–H and O–H groups in total. The lowest BCUT2D eigenvalue weighted by Gasteiger charge is -2.14. The number of nitrogens with one attached hydrogen (secondary N) is 1. The number of rotatable bonds is 4. The summed E-state index contributed by atoms with van der Waals surface area (Å²) in [7, 11) is 0. The summed E-state index contributed by atoms with van der Waals surface area (Å²) >= 11 is 0. The predicted octanol–water partition coefficient (Wildman–Crippen LogP) is 2.96. The zero-order valence-electron chi connectivity index (χ0n) is 10.8. The average Bonchev–Trinajstić information content (AvgIpc) is 2.70. The molecule has 0 radical (unpaired) electrons. The van der Waals surface area contributed by atoms with Crippen molar-refractivity contribution >= 4 is 11.0 Å². The molecule has 1 aromatic carbocycles. The van der Waals surface area contributed by atoms with Crippen LogP contribution in [0.2, 0.25) is 0 Å². The molecule has 1 aromatic heterocycles. The molecule has 0 spiro atoms. The molecule has 3 heteroatoms. The van der Waals surface area contributed by atoms with Crippen molar-refractivity contribution in [1.29, 1.82) is 0 Å². The first-order chi connectivity index (χ1) is 8.11. The summed E-state index contributed by atoms with van der Waals surface area (Å²) in [5.41, 5.74) is 9.25. The van der Waals surface area contributed by atoms with Gasteiger partial charge in [0, 0.05) is 12.5 Å². The number of benzene rings is 1. The van der Waals surface area contributed by atoms with E-state index in [1.54, 1.807) is 0 Å². The highest BCUT2D eigenvalue weighted by atomic mass is 14.9. The number of imidazole rings is 1. The summed E-state index contributed by atoms with van der Waals surface area (Å²) in [6, 6.07) is 6.22. The Morgan fingerprint density at radius 1 is 1.35 bits per heavy atom. The molecule has 0 amide bonds. The Bertz CT molecular complexity index is 499. The third-order valence-electron chi connectivity index (χ3n) is 3.16. The largest absolute Gasteiger partial charge is 0.342 e. The number of aryl methyl sites for hydroxylation is 1. The Balaban J connectivity index is 2.37. The van der Waals surface area contributed by atoms with E-state index in [0.717, 1.165) is 23.3 Å².